The van der Waals surface area contributed by atoms with E-state index < -0.39 is 0 Å². The van der Waals surface area contributed by atoms with E-state index in [9.17, 15) is 4.79 Å². The Kier molecular flexibility index (Phi) is 6.17. The van der Waals surface area contributed by atoms with Gasteiger partial charge in [-0.3, -0.25) is 4.79 Å². The van der Waals surface area contributed by atoms with Gasteiger partial charge in [-0.25, -0.2) is 4.68 Å². The third-order valence-electron chi connectivity index (χ3n) is 3.64. The summed E-state index contributed by atoms with van der Waals surface area (Å²) in [6, 6.07) is 5.97. The maximum atomic E-state index is 12.2. The van der Waals surface area contributed by atoms with E-state index in [2.05, 4.69) is 15.5 Å². The van der Waals surface area contributed by atoms with Gasteiger partial charge < -0.3 is 15.9 Å². The average molecular weight is 378 g/mol. The lowest BCUT2D eigenvalue weighted by molar-refractivity contribution is -0.121. The SMILES string of the molecule is Cc1cccc(C)c1OCc1nnc(SC(C)C(=O)NC(C)(C)C)n1N. The molecule has 2 aromatic rings. The molecule has 0 aliphatic rings. The van der Waals surface area contributed by atoms with E-state index in [-0.39, 0.29) is 23.3 Å². The number of nitrogen functional groups attached to an aromatic ring is 1. The van der Waals surface area contributed by atoms with Crippen molar-refractivity contribution in [2.24, 2.45) is 0 Å². The molecular formula is C18H27N5O2S. The first-order chi connectivity index (χ1) is 12.1. The third kappa shape index (κ3) is 5.14. The van der Waals surface area contributed by atoms with Crippen molar-refractivity contribution in [1.29, 1.82) is 0 Å². The van der Waals surface area contributed by atoms with Crippen LogP contribution in [0, 0.1) is 13.8 Å². The van der Waals surface area contributed by atoms with E-state index in [0.717, 1.165) is 16.9 Å². The van der Waals surface area contributed by atoms with Crippen LogP contribution < -0.4 is 15.9 Å². The Morgan fingerprint density at radius 3 is 2.50 bits per heavy atom. The molecule has 1 unspecified atom stereocenters. The van der Waals surface area contributed by atoms with Crippen molar-refractivity contribution in [2.75, 3.05) is 5.84 Å². The summed E-state index contributed by atoms with van der Waals surface area (Å²) in [5.74, 6) is 7.33. The number of carbonyl (C=O) groups is 1. The first kappa shape index (κ1) is 20.1. The molecule has 142 valence electrons. The van der Waals surface area contributed by atoms with Crippen LogP contribution in [-0.4, -0.2) is 31.6 Å². The van der Waals surface area contributed by atoms with Gasteiger partial charge in [-0.05, 0) is 52.7 Å². The molecule has 1 aromatic carbocycles. The fraction of sp³-hybridized carbons (Fsp3) is 0.500. The second kappa shape index (κ2) is 7.99. The predicted octanol–water partition coefficient (Wildman–Crippen LogP) is 2.58. The van der Waals surface area contributed by atoms with Gasteiger partial charge in [-0.1, -0.05) is 30.0 Å². The van der Waals surface area contributed by atoms with Crippen molar-refractivity contribution >= 4 is 17.7 Å². The van der Waals surface area contributed by atoms with Crippen LogP contribution in [0.15, 0.2) is 23.4 Å². The molecule has 0 aliphatic carbocycles. The number of carbonyl (C=O) groups excluding carboxylic acids is 1. The Balaban J connectivity index is 2.02. The highest BCUT2D eigenvalue weighted by molar-refractivity contribution is 8.00. The Morgan fingerprint density at radius 1 is 1.31 bits per heavy atom. The normalized spacial score (nSPS) is 12.7. The van der Waals surface area contributed by atoms with Crippen molar-refractivity contribution in [3.63, 3.8) is 0 Å². The lowest BCUT2D eigenvalue weighted by atomic mass is 10.1. The molecule has 2 rings (SSSR count). The van der Waals surface area contributed by atoms with Crippen LogP contribution in [0.3, 0.4) is 0 Å². The maximum Gasteiger partial charge on any atom is 0.233 e. The van der Waals surface area contributed by atoms with Crippen molar-refractivity contribution in [3.8, 4) is 5.75 Å². The second-order valence-corrected chi connectivity index (χ2v) is 8.59. The molecule has 0 radical (unpaired) electrons. The van der Waals surface area contributed by atoms with Gasteiger partial charge in [0.05, 0.1) is 5.25 Å². The average Bonchev–Trinajstić information content (AvgIpc) is 2.86. The van der Waals surface area contributed by atoms with Gasteiger partial charge in [0.25, 0.3) is 0 Å². The molecule has 0 saturated carbocycles. The number of para-hydroxylation sites is 1. The topological polar surface area (TPSA) is 95.1 Å². The number of aromatic nitrogens is 3. The number of amides is 1. The first-order valence-corrected chi connectivity index (χ1v) is 9.33. The Hall–Kier alpha value is -2.22. The van der Waals surface area contributed by atoms with Crippen LogP contribution >= 0.6 is 11.8 Å². The summed E-state index contributed by atoms with van der Waals surface area (Å²) in [6.45, 7) is 11.8. The minimum absolute atomic E-state index is 0.0705. The lowest BCUT2D eigenvalue weighted by Crippen LogP contribution is -2.44. The van der Waals surface area contributed by atoms with E-state index in [1.54, 1.807) is 0 Å². The number of rotatable bonds is 6. The molecule has 1 atom stereocenters. The van der Waals surface area contributed by atoms with Gasteiger partial charge >= 0.3 is 0 Å². The van der Waals surface area contributed by atoms with Crippen LogP contribution in [0.5, 0.6) is 5.75 Å². The first-order valence-electron chi connectivity index (χ1n) is 8.45. The summed E-state index contributed by atoms with van der Waals surface area (Å²) < 4.78 is 7.25. The molecule has 8 heteroatoms. The molecule has 7 nitrogen and oxygen atoms in total. The molecular weight excluding hydrogens is 350 g/mol. The number of hydrogen-bond donors (Lipinski definition) is 2. The number of nitrogens with zero attached hydrogens (tertiary/aromatic N) is 3. The molecule has 0 saturated heterocycles. The number of aryl methyl sites for hydroxylation is 2. The lowest BCUT2D eigenvalue weighted by Gasteiger charge is -2.22. The summed E-state index contributed by atoms with van der Waals surface area (Å²) in [7, 11) is 0. The van der Waals surface area contributed by atoms with Gasteiger partial charge in [-0.2, -0.15) is 0 Å². The molecule has 0 bridgehead atoms. The van der Waals surface area contributed by atoms with Crippen LogP contribution in [0.4, 0.5) is 0 Å². The van der Waals surface area contributed by atoms with Crippen molar-refractivity contribution < 1.29 is 9.53 Å². The number of ether oxygens (including phenoxy) is 1. The van der Waals surface area contributed by atoms with Crippen LogP contribution in [0.25, 0.3) is 0 Å². The third-order valence-corrected chi connectivity index (χ3v) is 4.70. The standard InChI is InChI=1S/C18H27N5O2S/c1-11-8-7-9-12(2)15(11)25-10-14-21-22-17(23(14)19)26-13(3)16(24)20-18(4,5)6/h7-9,13H,10,19H2,1-6H3,(H,20,24). The number of nitrogens with two attached hydrogens (primary N) is 1. The fourth-order valence-corrected chi connectivity index (χ4v) is 3.12. The summed E-state index contributed by atoms with van der Waals surface area (Å²) >= 11 is 1.26. The van der Waals surface area contributed by atoms with E-state index >= 15 is 0 Å². The number of benzene rings is 1. The molecule has 26 heavy (non-hydrogen) atoms. The van der Waals surface area contributed by atoms with Crippen molar-refractivity contribution in [2.45, 2.75) is 64.1 Å². The van der Waals surface area contributed by atoms with Crippen molar-refractivity contribution in [1.82, 2.24) is 20.2 Å². The zero-order chi connectivity index (χ0) is 19.5. The van der Waals surface area contributed by atoms with Crippen LogP contribution in [0.1, 0.15) is 44.6 Å². The minimum Gasteiger partial charge on any atom is -0.485 e. The van der Waals surface area contributed by atoms with Gasteiger partial charge in [0.1, 0.15) is 12.4 Å². The van der Waals surface area contributed by atoms with E-state index in [1.807, 2.05) is 59.7 Å². The highest BCUT2D eigenvalue weighted by atomic mass is 32.2. The molecule has 3 N–H and O–H groups in total. The monoisotopic (exact) mass is 377 g/mol. The quantitative estimate of drug-likeness (QED) is 0.593. The van der Waals surface area contributed by atoms with Crippen LogP contribution in [0.2, 0.25) is 0 Å². The number of nitrogens with one attached hydrogen (secondary N) is 1. The highest BCUT2D eigenvalue weighted by Crippen LogP contribution is 2.24. The summed E-state index contributed by atoms with van der Waals surface area (Å²) in [5.41, 5.74) is 1.82. The van der Waals surface area contributed by atoms with Gasteiger partial charge in [-0.15, -0.1) is 10.2 Å². The number of hydrogen-bond acceptors (Lipinski definition) is 6. The van der Waals surface area contributed by atoms with Crippen LogP contribution in [-0.2, 0) is 11.4 Å². The van der Waals surface area contributed by atoms with E-state index in [4.69, 9.17) is 10.6 Å². The van der Waals surface area contributed by atoms with E-state index in [0.29, 0.717) is 11.0 Å². The minimum atomic E-state index is -0.340. The Labute approximate surface area is 158 Å². The maximum absolute atomic E-state index is 12.2. The summed E-state index contributed by atoms with van der Waals surface area (Å²) in [6.07, 6.45) is 0. The Bertz CT molecular complexity index is 762. The molecule has 1 aromatic heterocycles. The van der Waals surface area contributed by atoms with Crippen molar-refractivity contribution in [3.05, 3.63) is 35.2 Å². The molecule has 1 amide bonds. The zero-order valence-corrected chi connectivity index (χ0v) is 17.0. The second-order valence-electron chi connectivity index (χ2n) is 7.28. The van der Waals surface area contributed by atoms with Gasteiger partial charge in [0.15, 0.2) is 5.82 Å². The summed E-state index contributed by atoms with van der Waals surface area (Å²) in [5, 5.41) is 11.2. The zero-order valence-electron chi connectivity index (χ0n) is 16.2. The molecule has 1 heterocycles. The smallest absolute Gasteiger partial charge is 0.233 e. The summed E-state index contributed by atoms with van der Waals surface area (Å²) in [4.78, 5) is 12.2. The molecule has 0 spiro atoms. The van der Waals surface area contributed by atoms with Gasteiger partial charge in [0, 0.05) is 5.54 Å². The largest absolute Gasteiger partial charge is 0.485 e. The van der Waals surface area contributed by atoms with Gasteiger partial charge in [0.2, 0.25) is 11.1 Å². The fourth-order valence-electron chi connectivity index (χ4n) is 2.33. The molecule has 0 aliphatic heterocycles. The highest BCUT2D eigenvalue weighted by Gasteiger charge is 2.23. The van der Waals surface area contributed by atoms with E-state index in [1.165, 1.54) is 16.4 Å². The number of thioether (sulfide) groups is 1. The molecule has 0 fully saturated rings. The predicted molar refractivity (Wildman–Crippen MR) is 104 cm³/mol. The Morgan fingerprint density at radius 2 is 1.92 bits per heavy atom.